The normalized spacial score (nSPS) is 11.1. The van der Waals surface area contributed by atoms with E-state index in [0.717, 1.165) is 59.4 Å². The highest BCUT2D eigenvalue weighted by Gasteiger charge is 2.45. The fourth-order valence-electron chi connectivity index (χ4n) is 7.55. The van der Waals surface area contributed by atoms with Gasteiger partial charge < -0.3 is 4.57 Å². The number of nitrogens with zero attached hydrogens (tertiary/aromatic N) is 4. The average Bonchev–Trinajstić information content (AvgIpc) is 3.53. The second-order valence-electron chi connectivity index (χ2n) is 12.2. The summed E-state index contributed by atoms with van der Waals surface area (Å²) in [6.45, 7) is 0. The van der Waals surface area contributed by atoms with Gasteiger partial charge in [-0.3, -0.25) is 0 Å². The molecule has 0 radical (unpaired) electrons. The van der Waals surface area contributed by atoms with Crippen molar-refractivity contribution in [3.63, 3.8) is 0 Å². The molecule has 232 valence electrons. The van der Waals surface area contributed by atoms with Crippen LogP contribution in [0.2, 0.25) is 0 Å². The molecule has 0 fully saturated rings. The number of nitriles is 3. The van der Waals surface area contributed by atoms with Crippen molar-refractivity contribution < 1.29 is 0 Å². The molecule has 1 aromatic heterocycles. The molecule has 0 aliphatic rings. The lowest BCUT2D eigenvalue weighted by Gasteiger charge is -2.36. The van der Waals surface area contributed by atoms with Crippen LogP contribution >= 0.6 is 0 Å². The Balaban J connectivity index is 1.43. The van der Waals surface area contributed by atoms with Crippen LogP contribution in [-0.2, 0) is 0 Å². The topological polar surface area (TPSA) is 76.3 Å². The first-order valence-corrected chi connectivity index (χ1v) is 18.4. The lowest BCUT2D eigenvalue weighted by molar-refractivity contribution is 1.18. The molecule has 50 heavy (non-hydrogen) atoms. The third kappa shape index (κ3) is 4.72. The lowest BCUT2D eigenvalue weighted by Crippen LogP contribution is -2.75. The number of hydrogen-bond donors (Lipinski definition) is 0. The van der Waals surface area contributed by atoms with Gasteiger partial charge in [0.1, 0.15) is 12.1 Å². The predicted molar refractivity (Wildman–Crippen MR) is 204 cm³/mol. The van der Waals surface area contributed by atoms with Crippen LogP contribution < -0.4 is 20.7 Å². The van der Waals surface area contributed by atoms with Crippen LogP contribution in [0, 0.1) is 34.0 Å². The summed E-state index contributed by atoms with van der Waals surface area (Å²) in [5, 5.41) is 37.3. The monoisotopic (exact) mass is 652 g/mol. The Hall–Kier alpha value is -6.97. The number of aromatic nitrogens is 1. The molecule has 0 saturated heterocycles. The standard InChI is InChI=1S/C45H28N4Si/c46-29-32-20-27-44-41(28-32)40-18-10-11-19-43(40)49(44)35-24-21-33(22-25-35)39-26-23-34(30-47)42(31-48)45(39)50(36-12-4-1-5-13-36,37-14-6-2-7-15-37)38-16-8-3-9-17-38/h1-28H. The summed E-state index contributed by atoms with van der Waals surface area (Å²) in [5.41, 5.74) is 6.34. The molecule has 0 bridgehead atoms. The summed E-state index contributed by atoms with van der Waals surface area (Å²) < 4.78 is 2.23. The number of rotatable bonds is 6. The van der Waals surface area contributed by atoms with Gasteiger partial charge in [0.15, 0.2) is 8.07 Å². The van der Waals surface area contributed by atoms with E-state index in [-0.39, 0.29) is 0 Å². The summed E-state index contributed by atoms with van der Waals surface area (Å²) in [4.78, 5) is 0. The van der Waals surface area contributed by atoms with Gasteiger partial charge in [0.2, 0.25) is 0 Å². The van der Waals surface area contributed by atoms with Crippen LogP contribution in [0.25, 0.3) is 38.6 Å². The first-order chi connectivity index (χ1) is 24.7. The minimum atomic E-state index is -3.19. The smallest absolute Gasteiger partial charge is 0.181 e. The highest BCUT2D eigenvalue weighted by molar-refractivity contribution is 7.20. The molecule has 0 atom stereocenters. The van der Waals surface area contributed by atoms with Crippen molar-refractivity contribution in [1.82, 2.24) is 4.57 Å². The second-order valence-corrected chi connectivity index (χ2v) is 16.0. The molecule has 0 spiro atoms. The fourth-order valence-corrected chi connectivity index (χ4v) is 12.7. The van der Waals surface area contributed by atoms with Crippen molar-refractivity contribution >= 4 is 50.6 Å². The Morgan fingerprint density at radius 3 is 1.58 bits per heavy atom. The highest BCUT2D eigenvalue weighted by atomic mass is 28.3. The second kappa shape index (κ2) is 12.6. The van der Waals surface area contributed by atoms with E-state index in [0.29, 0.717) is 16.7 Å². The van der Waals surface area contributed by atoms with Gasteiger partial charge in [-0.25, -0.2) is 0 Å². The fraction of sp³-hybridized carbons (Fsp3) is 0. The van der Waals surface area contributed by atoms with Crippen molar-refractivity contribution in [3.8, 4) is 35.0 Å². The number of benzene rings is 7. The quantitative estimate of drug-likeness (QED) is 0.138. The predicted octanol–water partition coefficient (Wildman–Crippen LogP) is 7.44. The maximum atomic E-state index is 10.9. The van der Waals surface area contributed by atoms with Gasteiger partial charge >= 0.3 is 0 Å². The number of para-hydroxylation sites is 1. The maximum absolute atomic E-state index is 10.9. The average molecular weight is 653 g/mol. The van der Waals surface area contributed by atoms with E-state index in [4.69, 9.17) is 0 Å². The third-order valence-electron chi connectivity index (χ3n) is 9.67. The van der Waals surface area contributed by atoms with E-state index in [2.05, 4.69) is 132 Å². The molecule has 7 aromatic carbocycles. The van der Waals surface area contributed by atoms with Gasteiger partial charge in [-0.1, -0.05) is 127 Å². The Kier molecular flexibility index (Phi) is 7.63. The third-order valence-corrected chi connectivity index (χ3v) is 14.5. The van der Waals surface area contributed by atoms with Crippen molar-refractivity contribution in [2.45, 2.75) is 0 Å². The summed E-state index contributed by atoms with van der Waals surface area (Å²) in [6.07, 6.45) is 0. The van der Waals surface area contributed by atoms with Gasteiger partial charge in [-0.05, 0) is 74.3 Å². The molecule has 0 unspecified atom stereocenters. The van der Waals surface area contributed by atoms with Crippen LogP contribution in [0.3, 0.4) is 0 Å². The Morgan fingerprint density at radius 1 is 0.460 bits per heavy atom. The molecule has 0 amide bonds. The number of fused-ring (bicyclic) bond motifs is 3. The first kappa shape index (κ1) is 30.4. The van der Waals surface area contributed by atoms with Crippen molar-refractivity contribution in [2.24, 2.45) is 0 Å². The Bertz CT molecular complexity index is 2560. The van der Waals surface area contributed by atoms with Gasteiger partial charge in [0.25, 0.3) is 0 Å². The molecule has 0 aliphatic carbocycles. The van der Waals surface area contributed by atoms with E-state index in [1.54, 1.807) is 6.07 Å². The zero-order chi connectivity index (χ0) is 34.1. The molecule has 4 nitrogen and oxygen atoms in total. The van der Waals surface area contributed by atoms with E-state index >= 15 is 0 Å². The minimum Gasteiger partial charge on any atom is -0.309 e. The zero-order valence-corrected chi connectivity index (χ0v) is 28.0. The lowest BCUT2D eigenvalue weighted by atomic mass is 9.99. The van der Waals surface area contributed by atoms with E-state index in [1.165, 1.54) is 0 Å². The van der Waals surface area contributed by atoms with Crippen LogP contribution in [0.15, 0.2) is 170 Å². The summed E-state index contributed by atoms with van der Waals surface area (Å²) in [6, 6.07) is 64.9. The molecule has 0 N–H and O–H groups in total. The largest absolute Gasteiger partial charge is 0.309 e. The zero-order valence-electron chi connectivity index (χ0n) is 27.0. The number of hydrogen-bond acceptors (Lipinski definition) is 3. The molecule has 5 heteroatoms. The Labute approximate surface area is 291 Å². The maximum Gasteiger partial charge on any atom is 0.181 e. The van der Waals surface area contributed by atoms with Gasteiger partial charge in [-0.15, -0.1) is 0 Å². The van der Waals surface area contributed by atoms with Crippen LogP contribution in [-0.4, -0.2) is 12.6 Å². The SMILES string of the molecule is N#Cc1ccc2c(c1)c1ccccc1n2-c1ccc(-c2ccc(C#N)c(C#N)c2[Si](c2ccccc2)(c2ccccc2)c2ccccc2)cc1. The molecule has 0 aliphatic heterocycles. The van der Waals surface area contributed by atoms with Crippen LogP contribution in [0.1, 0.15) is 16.7 Å². The highest BCUT2D eigenvalue weighted by Crippen LogP contribution is 2.34. The van der Waals surface area contributed by atoms with Gasteiger partial charge in [-0.2, -0.15) is 15.8 Å². The molecule has 0 saturated carbocycles. The van der Waals surface area contributed by atoms with Crippen LogP contribution in [0.5, 0.6) is 0 Å². The minimum absolute atomic E-state index is 0.365. The molecular weight excluding hydrogens is 625 g/mol. The van der Waals surface area contributed by atoms with Crippen molar-refractivity contribution in [3.05, 3.63) is 187 Å². The van der Waals surface area contributed by atoms with Gasteiger partial charge in [0.05, 0.1) is 33.8 Å². The van der Waals surface area contributed by atoms with Gasteiger partial charge in [0, 0.05) is 16.5 Å². The van der Waals surface area contributed by atoms with E-state index in [9.17, 15) is 15.8 Å². The molecule has 8 rings (SSSR count). The van der Waals surface area contributed by atoms with E-state index < -0.39 is 8.07 Å². The summed E-state index contributed by atoms with van der Waals surface area (Å²) in [7, 11) is -3.19. The summed E-state index contributed by atoms with van der Waals surface area (Å²) >= 11 is 0. The Morgan fingerprint density at radius 2 is 1.02 bits per heavy atom. The first-order valence-electron chi connectivity index (χ1n) is 16.4. The van der Waals surface area contributed by atoms with Crippen molar-refractivity contribution in [1.29, 1.82) is 15.8 Å². The molecular formula is C45H28N4Si. The van der Waals surface area contributed by atoms with Crippen molar-refractivity contribution in [2.75, 3.05) is 0 Å². The molecule has 1 heterocycles. The summed E-state index contributed by atoms with van der Waals surface area (Å²) in [5.74, 6) is 0. The van der Waals surface area contributed by atoms with E-state index in [1.807, 2.05) is 54.6 Å². The molecule has 8 aromatic rings. The van der Waals surface area contributed by atoms with Crippen LogP contribution in [0.4, 0.5) is 0 Å².